The maximum Gasteiger partial charge on any atom is 0.0538 e. The molecule has 1 aromatic rings. The fourth-order valence-electron chi connectivity index (χ4n) is 0.668. The van der Waals surface area contributed by atoms with Gasteiger partial charge in [-0.05, 0) is 17.7 Å². The molecule has 0 saturated carbocycles. The minimum Gasteiger partial charge on any atom is -0.399 e. The number of hydrogen-bond donors (Lipinski definition) is 2. The Kier molecular flexibility index (Phi) is 1.89. The first-order chi connectivity index (χ1) is 4.83. The molecule has 52 valence electrons. The maximum absolute atomic E-state index is 5.45. The Morgan fingerprint density at radius 1 is 1.20 bits per heavy atom. The van der Waals surface area contributed by atoms with Crippen LogP contribution < -0.4 is 11.6 Å². The van der Waals surface area contributed by atoms with E-state index in [1.807, 2.05) is 12.1 Å². The molecule has 0 spiro atoms. The quantitative estimate of drug-likeness (QED) is 0.256. The predicted molar refractivity (Wildman–Crippen MR) is 42.6 cm³/mol. The van der Waals surface area contributed by atoms with Crippen molar-refractivity contribution in [2.45, 2.75) is 0 Å². The summed E-state index contributed by atoms with van der Waals surface area (Å²) in [6.07, 6.45) is 1.57. The van der Waals surface area contributed by atoms with Crippen molar-refractivity contribution in [2.24, 2.45) is 10.9 Å². The average molecular weight is 135 g/mol. The van der Waals surface area contributed by atoms with Crippen molar-refractivity contribution in [1.29, 1.82) is 0 Å². The summed E-state index contributed by atoms with van der Waals surface area (Å²) in [6.45, 7) is 0. The highest BCUT2D eigenvalue weighted by atomic mass is 15.1. The second-order valence-corrected chi connectivity index (χ2v) is 1.94. The van der Waals surface area contributed by atoms with Crippen LogP contribution in [-0.4, -0.2) is 6.21 Å². The number of rotatable bonds is 1. The smallest absolute Gasteiger partial charge is 0.0538 e. The van der Waals surface area contributed by atoms with E-state index in [4.69, 9.17) is 11.6 Å². The first-order valence-corrected chi connectivity index (χ1v) is 2.92. The SMILES string of the molecule is N/N=C/c1ccc(N)cc1. The van der Waals surface area contributed by atoms with Crippen LogP contribution in [0.1, 0.15) is 5.56 Å². The Bertz CT molecular complexity index is 225. The van der Waals surface area contributed by atoms with Crippen molar-refractivity contribution in [3.8, 4) is 0 Å². The number of hydrogen-bond acceptors (Lipinski definition) is 3. The first kappa shape index (κ1) is 6.61. The summed E-state index contributed by atoms with van der Waals surface area (Å²) in [6, 6.07) is 7.31. The summed E-state index contributed by atoms with van der Waals surface area (Å²) in [5, 5.41) is 3.37. The molecule has 0 amide bonds. The number of benzene rings is 1. The second-order valence-electron chi connectivity index (χ2n) is 1.94. The Hall–Kier alpha value is -1.51. The van der Waals surface area contributed by atoms with Gasteiger partial charge in [0.15, 0.2) is 0 Å². The molecule has 4 N–H and O–H groups in total. The van der Waals surface area contributed by atoms with Crippen molar-refractivity contribution in [3.05, 3.63) is 29.8 Å². The predicted octanol–water partition coefficient (Wildman–Crippen LogP) is 0.561. The molecule has 0 radical (unpaired) electrons. The van der Waals surface area contributed by atoms with Crippen LogP contribution in [0.4, 0.5) is 5.69 Å². The van der Waals surface area contributed by atoms with Crippen molar-refractivity contribution in [1.82, 2.24) is 0 Å². The van der Waals surface area contributed by atoms with Crippen LogP contribution in [0.15, 0.2) is 29.4 Å². The largest absolute Gasteiger partial charge is 0.399 e. The van der Waals surface area contributed by atoms with Gasteiger partial charge in [0.25, 0.3) is 0 Å². The van der Waals surface area contributed by atoms with Crippen LogP contribution in [0.2, 0.25) is 0 Å². The van der Waals surface area contributed by atoms with Gasteiger partial charge >= 0.3 is 0 Å². The zero-order valence-electron chi connectivity index (χ0n) is 5.49. The minimum atomic E-state index is 0.745. The monoisotopic (exact) mass is 135 g/mol. The summed E-state index contributed by atoms with van der Waals surface area (Å²) in [4.78, 5) is 0. The van der Waals surface area contributed by atoms with Gasteiger partial charge in [-0.1, -0.05) is 12.1 Å². The van der Waals surface area contributed by atoms with Crippen molar-refractivity contribution >= 4 is 11.9 Å². The van der Waals surface area contributed by atoms with Crippen LogP contribution in [0.5, 0.6) is 0 Å². The highest BCUT2D eigenvalue weighted by Gasteiger charge is 1.84. The van der Waals surface area contributed by atoms with Gasteiger partial charge in [-0.2, -0.15) is 5.10 Å². The number of nitrogen functional groups attached to an aromatic ring is 1. The van der Waals surface area contributed by atoms with E-state index in [1.54, 1.807) is 18.3 Å². The van der Waals surface area contributed by atoms with Gasteiger partial charge in [-0.25, -0.2) is 0 Å². The summed E-state index contributed by atoms with van der Waals surface area (Å²) < 4.78 is 0. The molecule has 0 bridgehead atoms. The fraction of sp³-hybridized carbons (Fsp3) is 0. The van der Waals surface area contributed by atoms with Gasteiger partial charge in [0, 0.05) is 5.69 Å². The normalized spacial score (nSPS) is 10.4. The van der Waals surface area contributed by atoms with E-state index in [2.05, 4.69) is 5.10 Å². The number of nitrogens with two attached hydrogens (primary N) is 2. The third kappa shape index (κ3) is 1.48. The van der Waals surface area contributed by atoms with E-state index in [-0.39, 0.29) is 0 Å². The van der Waals surface area contributed by atoms with Crippen LogP contribution in [0.25, 0.3) is 0 Å². The number of anilines is 1. The topological polar surface area (TPSA) is 64.4 Å². The van der Waals surface area contributed by atoms with Crippen LogP contribution >= 0.6 is 0 Å². The molecule has 0 atom stereocenters. The lowest BCUT2D eigenvalue weighted by atomic mass is 10.2. The third-order valence-electron chi connectivity index (χ3n) is 1.16. The molecule has 0 fully saturated rings. The van der Waals surface area contributed by atoms with E-state index in [1.165, 1.54) is 0 Å². The van der Waals surface area contributed by atoms with Gasteiger partial charge in [-0.3, -0.25) is 0 Å². The van der Waals surface area contributed by atoms with Crippen LogP contribution in [-0.2, 0) is 0 Å². The van der Waals surface area contributed by atoms with E-state index in [0.29, 0.717) is 0 Å². The first-order valence-electron chi connectivity index (χ1n) is 2.92. The molecule has 0 aromatic heterocycles. The van der Waals surface area contributed by atoms with E-state index in [0.717, 1.165) is 11.3 Å². The average Bonchev–Trinajstić information content (AvgIpc) is 1.95. The Morgan fingerprint density at radius 3 is 2.30 bits per heavy atom. The lowest BCUT2D eigenvalue weighted by molar-refractivity contribution is 1.26. The molecule has 0 aliphatic rings. The molecule has 0 unspecified atom stereocenters. The fourth-order valence-corrected chi connectivity index (χ4v) is 0.668. The standard InChI is InChI=1S/C7H9N3/c8-7-3-1-6(2-4-7)5-10-9/h1-5H,8-9H2/b10-5+. The number of nitrogens with zero attached hydrogens (tertiary/aromatic N) is 1. The molecule has 1 aromatic carbocycles. The summed E-state index contributed by atoms with van der Waals surface area (Å²) in [5.74, 6) is 4.94. The highest BCUT2D eigenvalue weighted by Crippen LogP contribution is 2.02. The van der Waals surface area contributed by atoms with Gasteiger partial charge in [0.2, 0.25) is 0 Å². The second kappa shape index (κ2) is 2.87. The van der Waals surface area contributed by atoms with E-state index in [9.17, 15) is 0 Å². The Labute approximate surface area is 59.3 Å². The summed E-state index contributed by atoms with van der Waals surface area (Å²) in [5.41, 5.74) is 7.15. The molecule has 1 rings (SSSR count). The van der Waals surface area contributed by atoms with Crippen LogP contribution in [0.3, 0.4) is 0 Å². The molecular weight excluding hydrogens is 126 g/mol. The van der Waals surface area contributed by atoms with Gasteiger partial charge in [0.1, 0.15) is 0 Å². The Balaban J connectivity index is 2.89. The van der Waals surface area contributed by atoms with Crippen molar-refractivity contribution in [3.63, 3.8) is 0 Å². The molecule has 3 nitrogen and oxygen atoms in total. The van der Waals surface area contributed by atoms with E-state index >= 15 is 0 Å². The lowest BCUT2D eigenvalue weighted by Gasteiger charge is -1.91. The van der Waals surface area contributed by atoms with Gasteiger partial charge < -0.3 is 11.6 Å². The molecular formula is C7H9N3. The zero-order chi connectivity index (χ0) is 7.40. The summed E-state index contributed by atoms with van der Waals surface area (Å²) in [7, 11) is 0. The van der Waals surface area contributed by atoms with E-state index < -0.39 is 0 Å². The molecule has 0 heterocycles. The minimum absolute atomic E-state index is 0.745. The lowest BCUT2D eigenvalue weighted by Crippen LogP contribution is -1.87. The number of hydrazone groups is 1. The van der Waals surface area contributed by atoms with Crippen molar-refractivity contribution < 1.29 is 0 Å². The van der Waals surface area contributed by atoms with Gasteiger partial charge in [-0.15, -0.1) is 0 Å². The third-order valence-corrected chi connectivity index (χ3v) is 1.16. The van der Waals surface area contributed by atoms with Gasteiger partial charge in [0.05, 0.1) is 6.21 Å². The van der Waals surface area contributed by atoms with Crippen molar-refractivity contribution in [2.75, 3.05) is 5.73 Å². The Morgan fingerprint density at radius 2 is 1.80 bits per heavy atom. The van der Waals surface area contributed by atoms with Crippen LogP contribution in [0, 0.1) is 0 Å². The molecule has 0 aliphatic carbocycles. The molecule has 0 aliphatic heterocycles. The highest BCUT2D eigenvalue weighted by molar-refractivity contribution is 5.79. The molecule has 3 heteroatoms. The molecule has 0 saturated heterocycles. The molecule has 10 heavy (non-hydrogen) atoms. The summed E-state index contributed by atoms with van der Waals surface area (Å²) >= 11 is 0. The maximum atomic E-state index is 5.45. The zero-order valence-corrected chi connectivity index (χ0v) is 5.49.